The van der Waals surface area contributed by atoms with Crippen LogP contribution in [0.2, 0.25) is 0 Å². The number of ether oxygens (including phenoxy) is 2. The minimum absolute atomic E-state index is 0.0866. The normalized spacial score (nSPS) is 21.0. The number of halogens is 2. The largest absolute Gasteiger partial charge is 0.444 e. The molecule has 1 fully saturated rings. The standard InChI is InChI=1S/C16H21F2NO3/c1-15(2,3)22-14(20)19-9-13(16(17,18)11-19)21-10-12-7-5-4-6-8-12/h4-8,13H,9-11H2,1-3H3/t13-/m0/s1. The quantitative estimate of drug-likeness (QED) is 0.858. The molecule has 0 aliphatic carbocycles. The average molecular weight is 313 g/mol. The Bertz CT molecular complexity index is 514. The summed E-state index contributed by atoms with van der Waals surface area (Å²) >= 11 is 0. The summed E-state index contributed by atoms with van der Waals surface area (Å²) in [6, 6.07) is 9.09. The van der Waals surface area contributed by atoms with Gasteiger partial charge in [-0.1, -0.05) is 30.3 Å². The Morgan fingerprint density at radius 2 is 1.95 bits per heavy atom. The van der Waals surface area contributed by atoms with Crippen LogP contribution in [-0.2, 0) is 16.1 Å². The van der Waals surface area contributed by atoms with E-state index in [1.54, 1.807) is 32.9 Å². The monoisotopic (exact) mass is 313 g/mol. The maximum Gasteiger partial charge on any atom is 0.410 e. The summed E-state index contributed by atoms with van der Waals surface area (Å²) in [4.78, 5) is 12.9. The molecule has 1 aliphatic rings. The Hall–Kier alpha value is -1.69. The van der Waals surface area contributed by atoms with Gasteiger partial charge < -0.3 is 9.47 Å². The third kappa shape index (κ3) is 4.40. The maximum absolute atomic E-state index is 14.0. The Labute approximate surface area is 129 Å². The average Bonchev–Trinajstić information content (AvgIpc) is 2.71. The number of carbonyl (C=O) groups excluding carboxylic acids is 1. The molecule has 1 aromatic carbocycles. The summed E-state index contributed by atoms with van der Waals surface area (Å²) in [5.41, 5.74) is 0.101. The van der Waals surface area contributed by atoms with E-state index in [-0.39, 0.29) is 13.2 Å². The first-order valence-electron chi connectivity index (χ1n) is 7.19. The third-order valence-corrected chi connectivity index (χ3v) is 3.20. The summed E-state index contributed by atoms with van der Waals surface area (Å²) < 4.78 is 38.4. The topological polar surface area (TPSA) is 38.8 Å². The number of likely N-dealkylation sites (tertiary alicyclic amines) is 1. The van der Waals surface area contributed by atoms with E-state index in [1.165, 1.54) is 0 Å². The molecule has 1 atom stereocenters. The van der Waals surface area contributed by atoms with Crippen LogP contribution in [0.1, 0.15) is 26.3 Å². The number of rotatable bonds is 3. The van der Waals surface area contributed by atoms with Crippen LogP contribution in [-0.4, -0.2) is 41.7 Å². The summed E-state index contributed by atoms with van der Waals surface area (Å²) in [7, 11) is 0. The van der Waals surface area contributed by atoms with Gasteiger partial charge in [0.1, 0.15) is 11.7 Å². The lowest BCUT2D eigenvalue weighted by atomic mass is 10.2. The smallest absolute Gasteiger partial charge is 0.410 e. The van der Waals surface area contributed by atoms with Gasteiger partial charge in [0.05, 0.1) is 19.7 Å². The van der Waals surface area contributed by atoms with Gasteiger partial charge in [-0.25, -0.2) is 13.6 Å². The Balaban J connectivity index is 1.94. The van der Waals surface area contributed by atoms with Crippen molar-refractivity contribution in [1.82, 2.24) is 4.90 Å². The number of carbonyl (C=O) groups is 1. The van der Waals surface area contributed by atoms with Crippen molar-refractivity contribution in [3.05, 3.63) is 35.9 Å². The Kier molecular flexibility index (Phi) is 4.70. The highest BCUT2D eigenvalue weighted by Crippen LogP contribution is 2.31. The van der Waals surface area contributed by atoms with E-state index in [9.17, 15) is 13.6 Å². The first-order chi connectivity index (χ1) is 10.2. The molecular weight excluding hydrogens is 292 g/mol. The van der Waals surface area contributed by atoms with Crippen LogP contribution in [0.25, 0.3) is 0 Å². The second-order valence-corrected chi connectivity index (χ2v) is 6.41. The Morgan fingerprint density at radius 1 is 1.32 bits per heavy atom. The van der Waals surface area contributed by atoms with Crippen LogP contribution >= 0.6 is 0 Å². The highest BCUT2D eigenvalue weighted by molar-refractivity contribution is 5.68. The van der Waals surface area contributed by atoms with Crippen LogP contribution in [0.15, 0.2) is 30.3 Å². The van der Waals surface area contributed by atoms with Gasteiger partial charge in [-0.05, 0) is 26.3 Å². The lowest BCUT2D eigenvalue weighted by Crippen LogP contribution is -2.36. The molecular formula is C16H21F2NO3. The minimum atomic E-state index is -3.08. The molecule has 0 aromatic heterocycles. The zero-order chi connectivity index (χ0) is 16.4. The van der Waals surface area contributed by atoms with Crippen molar-refractivity contribution in [3.63, 3.8) is 0 Å². The predicted molar refractivity (Wildman–Crippen MR) is 77.8 cm³/mol. The lowest BCUT2D eigenvalue weighted by molar-refractivity contribution is -0.110. The highest BCUT2D eigenvalue weighted by Gasteiger charge is 2.51. The van der Waals surface area contributed by atoms with Crippen molar-refractivity contribution in [1.29, 1.82) is 0 Å². The molecule has 0 saturated carbocycles. The fourth-order valence-electron chi connectivity index (χ4n) is 2.17. The van der Waals surface area contributed by atoms with Gasteiger partial charge in [-0.3, -0.25) is 4.90 Å². The number of hydrogen-bond acceptors (Lipinski definition) is 3. The summed E-state index contributed by atoms with van der Waals surface area (Å²) in [5, 5.41) is 0. The molecule has 0 unspecified atom stereocenters. The predicted octanol–water partition coefficient (Wildman–Crippen LogP) is 3.46. The molecule has 6 heteroatoms. The minimum Gasteiger partial charge on any atom is -0.444 e. The van der Waals surface area contributed by atoms with Gasteiger partial charge >= 0.3 is 6.09 Å². The zero-order valence-corrected chi connectivity index (χ0v) is 13.0. The van der Waals surface area contributed by atoms with E-state index in [4.69, 9.17) is 9.47 Å². The molecule has 4 nitrogen and oxygen atoms in total. The van der Waals surface area contributed by atoms with Crippen molar-refractivity contribution >= 4 is 6.09 Å². The van der Waals surface area contributed by atoms with Gasteiger partial charge in [-0.15, -0.1) is 0 Å². The zero-order valence-electron chi connectivity index (χ0n) is 13.0. The Morgan fingerprint density at radius 3 is 2.55 bits per heavy atom. The fourth-order valence-corrected chi connectivity index (χ4v) is 2.17. The maximum atomic E-state index is 14.0. The molecule has 1 amide bonds. The van der Waals surface area contributed by atoms with Crippen LogP contribution < -0.4 is 0 Å². The molecule has 1 saturated heterocycles. The SMILES string of the molecule is CC(C)(C)OC(=O)N1C[C@H](OCc2ccccc2)C(F)(F)C1. The van der Waals surface area contributed by atoms with E-state index in [1.807, 2.05) is 18.2 Å². The molecule has 122 valence electrons. The lowest BCUT2D eigenvalue weighted by Gasteiger charge is -2.24. The molecule has 1 aromatic rings. The van der Waals surface area contributed by atoms with Crippen LogP contribution in [0.5, 0.6) is 0 Å². The fraction of sp³-hybridized carbons (Fsp3) is 0.562. The molecule has 0 bridgehead atoms. The van der Waals surface area contributed by atoms with Crippen LogP contribution in [0.3, 0.4) is 0 Å². The molecule has 1 heterocycles. The van der Waals surface area contributed by atoms with Crippen molar-refractivity contribution < 1.29 is 23.0 Å². The second kappa shape index (κ2) is 6.20. The van der Waals surface area contributed by atoms with Crippen molar-refractivity contribution in [3.8, 4) is 0 Å². The highest BCUT2D eigenvalue weighted by atomic mass is 19.3. The third-order valence-electron chi connectivity index (χ3n) is 3.20. The number of alkyl halides is 2. The van der Waals surface area contributed by atoms with E-state index in [0.717, 1.165) is 10.5 Å². The second-order valence-electron chi connectivity index (χ2n) is 6.41. The van der Waals surface area contributed by atoms with Gasteiger partial charge in [0.2, 0.25) is 0 Å². The van der Waals surface area contributed by atoms with Crippen molar-refractivity contribution in [2.45, 2.75) is 45.0 Å². The van der Waals surface area contributed by atoms with Gasteiger partial charge in [0, 0.05) is 0 Å². The summed E-state index contributed by atoms with van der Waals surface area (Å²) in [5.74, 6) is -3.08. The van der Waals surface area contributed by atoms with Gasteiger partial charge in [0.25, 0.3) is 5.92 Å². The molecule has 22 heavy (non-hydrogen) atoms. The van der Waals surface area contributed by atoms with Gasteiger partial charge in [0.15, 0.2) is 0 Å². The summed E-state index contributed by atoms with van der Waals surface area (Å²) in [6.45, 7) is 4.33. The van der Waals surface area contributed by atoms with Crippen molar-refractivity contribution in [2.75, 3.05) is 13.1 Å². The van der Waals surface area contributed by atoms with E-state index < -0.39 is 30.3 Å². The van der Waals surface area contributed by atoms with E-state index in [2.05, 4.69) is 0 Å². The molecule has 1 aliphatic heterocycles. The first-order valence-corrected chi connectivity index (χ1v) is 7.19. The van der Waals surface area contributed by atoms with Crippen LogP contribution in [0.4, 0.5) is 13.6 Å². The number of hydrogen-bond donors (Lipinski definition) is 0. The first kappa shape index (κ1) is 16.7. The number of nitrogens with zero attached hydrogens (tertiary/aromatic N) is 1. The number of benzene rings is 1. The van der Waals surface area contributed by atoms with E-state index >= 15 is 0 Å². The molecule has 2 rings (SSSR count). The summed E-state index contributed by atoms with van der Waals surface area (Å²) in [6.07, 6.45) is -2.06. The van der Waals surface area contributed by atoms with Gasteiger partial charge in [-0.2, -0.15) is 0 Å². The molecule has 0 radical (unpaired) electrons. The molecule has 0 N–H and O–H groups in total. The van der Waals surface area contributed by atoms with Crippen molar-refractivity contribution in [2.24, 2.45) is 0 Å². The number of amides is 1. The van der Waals surface area contributed by atoms with Crippen LogP contribution in [0, 0.1) is 0 Å². The molecule has 0 spiro atoms. The van der Waals surface area contributed by atoms with E-state index in [0.29, 0.717) is 0 Å².